The number of ketones is 1. The molecule has 25 heavy (non-hydrogen) atoms. The molecule has 1 rings (SSSR count). The van der Waals surface area contributed by atoms with Crippen LogP contribution in [0.4, 0.5) is 0 Å². The number of carbonyl (C=O) groups is 3. The minimum atomic E-state index is -0.818. The van der Waals surface area contributed by atoms with Gasteiger partial charge in [0.15, 0.2) is 5.78 Å². The zero-order chi connectivity index (χ0) is 18.5. The van der Waals surface area contributed by atoms with Crippen molar-refractivity contribution >= 4 is 17.7 Å². The maximum Gasteiger partial charge on any atom is 0.303 e. The molecule has 0 aromatic rings. The fourth-order valence-electron chi connectivity index (χ4n) is 2.76. The molecule has 0 radical (unpaired) electrons. The normalized spacial score (nSPS) is 17.4. The monoisotopic (exact) mass is 347 g/mol. The Balaban J connectivity index is 2.50. The Morgan fingerprint density at radius 2 is 2.04 bits per heavy atom. The minimum absolute atomic E-state index is 0.0651. The summed E-state index contributed by atoms with van der Waals surface area (Å²) in [6.07, 6.45) is 10.4. The minimum Gasteiger partial charge on any atom is -0.481 e. The van der Waals surface area contributed by atoms with Gasteiger partial charge in [-0.25, -0.2) is 0 Å². The Labute approximate surface area is 150 Å². The van der Waals surface area contributed by atoms with Crippen LogP contribution in [0.15, 0.2) is 12.2 Å². The van der Waals surface area contributed by atoms with Crippen LogP contribution in [0, 0.1) is 11.8 Å². The van der Waals surface area contributed by atoms with Crippen LogP contribution in [0.5, 0.6) is 0 Å². The van der Waals surface area contributed by atoms with Crippen molar-refractivity contribution in [3.05, 3.63) is 12.2 Å². The summed E-state index contributed by atoms with van der Waals surface area (Å²) in [5.41, 5.74) is 0. The van der Waals surface area contributed by atoms with Crippen LogP contribution in [-0.4, -0.2) is 40.3 Å². The van der Waals surface area contributed by atoms with Crippen LogP contribution in [-0.2, 0) is 14.4 Å². The summed E-state index contributed by atoms with van der Waals surface area (Å²) in [4.78, 5) is 36.2. The first-order valence-corrected chi connectivity index (χ1v) is 9.22. The molecule has 138 valence electrons. The second-order valence-corrected chi connectivity index (χ2v) is 6.36. The van der Waals surface area contributed by atoms with E-state index in [-0.39, 0.29) is 24.2 Å². The van der Waals surface area contributed by atoms with Crippen molar-refractivity contribution in [1.82, 2.24) is 4.90 Å². The SMILES string of the molecule is CCCCCC(=O)C=CC1CCCC(=O)N1CC#CCCCC(=O)O. The van der Waals surface area contributed by atoms with E-state index in [1.165, 1.54) is 0 Å². The molecule has 0 saturated carbocycles. The zero-order valence-corrected chi connectivity index (χ0v) is 15.1. The van der Waals surface area contributed by atoms with E-state index in [1.54, 1.807) is 11.0 Å². The summed E-state index contributed by atoms with van der Waals surface area (Å²) in [6, 6.07) is -0.0651. The number of hydrogen-bond donors (Lipinski definition) is 1. The Kier molecular flexibility index (Phi) is 10.3. The average Bonchev–Trinajstić information content (AvgIpc) is 2.57. The van der Waals surface area contributed by atoms with E-state index in [9.17, 15) is 14.4 Å². The quantitative estimate of drug-likeness (QED) is 0.374. The van der Waals surface area contributed by atoms with Crippen LogP contribution in [0.25, 0.3) is 0 Å². The van der Waals surface area contributed by atoms with Crippen molar-refractivity contribution in [3.63, 3.8) is 0 Å². The maximum absolute atomic E-state index is 12.1. The smallest absolute Gasteiger partial charge is 0.303 e. The van der Waals surface area contributed by atoms with E-state index in [1.807, 2.05) is 6.08 Å². The first-order chi connectivity index (χ1) is 12.0. The highest BCUT2D eigenvalue weighted by Gasteiger charge is 2.25. The predicted octanol–water partition coefficient (Wildman–Crippen LogP) is 3.33. The molecular weight excluding hydrogens is 318 g/mol. The van der Waals surface area contributed by atoms with Gasteiger partial charge in [-0.2, -0.15) is 0 Å². The summed E-state index contributed by atoms with van der Waals surface area (Å²) in [5.74, 6) is 5.26. The molecule has 0 spiro atoms. The number of amides is 1. The van der Waals surface area contributed by atoms with Gasteiger partial charge in [0.25, 0.3) is 0 Å². The van der Waals surface area contributed by atoms with Gasteiger partial charge in [0, 0.05) is 25.7 Å². The molecule has 5 heteroatoms. The maximum atomic E-state index is 12.1. The third kappa shape index (κ3) is 9.09. The highest BCUT2D eigenvalue weighted by molar-refractivity contribution is 5.89. The van der Waals surface area contributed by atoms with Gasteiger partial charge in [0.1, 0.15) is 0 Å². The number of likely N-dealkylation sites (tertiary alicyclic amines) is 1. The van der Waals surface area contributed by atoms with E-state index < -0.39 is 5.97 Å². The molecule has 5 nitrogen and oxygen atoms in total. The Hall–Kier alpha value is -2.09. The van der Waals surface area contributed by atoms with Crippen molar-refractivity contribution in [3.8, 4) is 11.8 Å². The van der Waals surface area contributed by atoms with E-state index in [4.69, 9.17) is 5.11 Å². The molecule has 1 fully saturated rings. The van der Waals surface area contributed by atoms with Crippen molar-refractivity contribution in [1.29, 1.82) is 0 Å². The molecule has 1 heterocycles. The van der Waals surface area contributed by atoms with Crippen LogP contribution < -0.4 is 0 Å². The molecule has 1 unspecified atom stereocenters. The van der Waals surface area contributed by atoms with Gasteiger partial charge < -0.3 is 10.0 Å². The van der Waals surface area contributed by atoms with Gasteiger partial charge in [0.05, 0.1) is 12.6 Å². The van der Waals surface area contributed by atoms with Gasteiger partial charge in [-0.3, -0.25) is 14.4 Å². The first-order valence-electron chi connectivity index (χ1n) is 9.22. The summed E-state index contributed by atoms with van der Waals surface area (Å²) in [5, 5.41) is 8.58. The highest BCUT2D eigenvalue weighted by atomic mass is 16.4. The summed E-state index contributed by atoms with van der Waals surface area (Å²) < 4.78 is 0. The second-order valence-electron chi connectivity index (χ2n) is 6.36. The van der Waals surface area contributed by atoms with Gasteiger partial charge in [-0.15, -0.1) is 5.92 Å². The first kappa shape index (κ1) is 21.0. The second kappa shape index (κ2) is 12.3. The van der Waals surface area contributed by atoms with E-state index >= 15 is 0 Å². The van der Waals surface area contributed by atoms with Crippen molar-refractivity contribution in [2.75, 3.05) is 6.54 Å². The number of piperidine rings is 1. The van der Waals surface area contributed by atoms with E-state index in [0.717, 1.165) is 32.1 Å². The molecule has 1 aliphatic heterocycles. The Morgan fingerprint density at radius 3 is 2.76 bits per heavy atom. The van der Waals surface area contributed by atoms with Gasteiger partial charge in [-0.1, -0.05) is 31.8 Å². The summed E-state index contributed by atoms with van der Waals surface area (Å²) in [6.45, 7) is 2.44. The lowest BCUT2D eigenvalue weighted by molar-refractivity contribution is -0.137. The molecule has 1 N–H and O–H groups in total. The third-order valence-electron chi connectivity index (χ3n) is 4.21. The Morgan fingerprint density at radius 1 is 1.24 bits per heavy atom. The number of unbranched alkanes of at least 4 members (excludes halogenated alkanes) is 3. The number of allylic oxidation sites excluding steroid dienone is 1. The lowest BCUT2D eigenvalue weighted by atomic mass is 10.00. The zero-order valence-electron chi connectivity index (χ0n) is 15.1. The predicted molar refractivity (Wildman–Crippen MR) is 96.9 cm³/mol. The molecule has 0 aliphatic carbocycles. The Bertz CT molecular complexity index is 542. The standard InChI is InChI=1S/C20H29NO4/c1-2-3-6-11-18(22)15-14-17-10-9-12-19(23)21(17)16-8-5-4-7-13-20(24)25/h14-15,17H,2-4,6-7,9-13,16H2,1H3,(H,24,25). The summed E-state index contributed by atoms with van der Waals surface area (Å²) in [7, 11) is 0. The van der Waals surface area contributed by atoms with Crippen LogP contribution >= 0.6 is 0 Å². The number of hydrogen-bond acceptors (Lipinski definition) is 3. The largest absolute Gasteiger partial charge is 0.481 e. The fourth-order valence-corrected chi connectivity index (χ4v) is 2.76. The van der Waals surface area contributed by atoms with Crippen LogP contribution in [0.1, 0.15) is 71.1 Å². The molecular formula is C20H29NO4. The topological polar surface area (TPSA) is 74.7 Å². The average molecular weight is 347 g/mol. The van der Waals surface area contributed by atoms with Gasteiger partial charge >= 0.3 is 5.97 Å². The molecule has 1 amide bonds. The lowest BCUT2D eigenvalue weighted by Gasteiger charge is -2.32. The number of carboxylic acids is 1. The molecule has 0 aromatic carbocycles. The number of nitrogens with zero attached hydrogens (tertiary/aromatic N) is 1. The molecule has 0 aromatic heterocycles. The molecule has 1 atom stereocenters. The van der Waals surface area contributed by atoms with Crippen molar-refractivity contribution in [2.45, 2.75) is 77.2 Å². The molecule has 0 bridgehead atoms. The summed E-state index contributed by atoms with van der Waals surface area (Å²) >= 11 is 0. The van der Waals surface area contributed by atoms with Crippen molar-refractivity contribution < 1.29 is 19.5 Å². The van der Waals surface area contributed by atoms with Crippen LogP contribution in [0.3, 0.4) is 0 Å². The number of carboxylic acid groups (broad SMARTS) is 1. The molecule has 1 aliphatic rings. The van der Waals surface area contributed by atoms with Crippen molar-refractivity contribution in [2.24, 2.45) is 0 Å². The third-order valence-corrected chi connectivity index (χ3v) is 4.21. The number of aliphatic carboxylic acids is 1. The van der Waals surface area contributed by atoms with E-state index in [0.29, 0.717) is 32.2 Å². The lowest BCUT2D eigenvalue weighted by Crippen LogP contribution is -2.42. The van der Waals surface area contributed by atoms with Gasteiger partial charge in [-0.05, 0) is 31.8 Å². The van der Waals surface area contributed by atoms with E-state index in [2.05, 4.69) is 18.8 Å². The number of rotatable bonds is 10. The van der Waals surface area contributed by atoms with Gasteiger partial charge in [0.2, 0.25) is 5.91 Å². The molecule has 1 saturated heterocycles. The highest BCUT2D eigenvalue weighted by Crippen LogP contribution is 2.19. The van der Waals surface area contributed by atoms with Crippen LogP contribution in [0.2, 0.25) is 0 Å². The fraction of sp³-hybridized carbons (Fsp3) is 0.650. The number of carbonyl (C=O) groups excluding carboxylic acids is 2.